The maximum absolute atomic E-state index is 12.9. The molecule has 6 heteroatoms. The van der Waals surface area contributed by atoms with E-state index in [0.29, 0.717) is 5.69 Å². The zero-order valence-corrected chi connectivity index (χ0v) is 17.1. The van der Waals surface area contributed by atoms with Crippen molar-refractivity contribution in [1.29, 1.82) is 0 Å². The topological polar surface area (TPSA) is 65.3 Å². The van der Waals surface area contributed by atoms with Crippen molar-refractivity contribution < 1.29 is 9.53 Å². The van der Waals surface area contributed by atoms with Gasteiger partial charge in [-0.3, -0.25) is 14.3 Å². The number of benzene rings is 2. The number of fused-ring (bicyclic) bond motifs is 1. The number of anilines is 1. The monoisotopic (exact) mass is 401 g/mol. The average Bonchev–Trinajstić information content (AvgIpc) is 2.96. The molecule has 1 aliphatic rings. The summed E-state index contributed by atoms with van der Waals surface area (Å²) in [6, 6.07) is 17.1. The molecular weight excluding hydrogens is 378 g/mol. The highest BCUT2D eigenvalue weighted by atomic mass is 16.5. The highest BCUT2D eigenvalue weighted by molar-refractivity contribution is 6.00. The van der Waals surface area contributed by atoms with Gasteiger partial charge in [-0.25, -0.2) is 4.68 Å². The predicted molar refractivity (Wildman–Crippen MR) is 118 cm³/mol. The third-order valence-corrected chi connectivity index (χ3v) is 5.24. The summed E-state index contributed by atoms with van der Waals surface area (Å²) < 4.78 is 9.16. The van der Waals surface area contributed by atoms with Crippen LogP contribution < -0.4 is 15.6 Å². The van der Waals surface area contributed by atoms with E-state index in [4.69, 9.17) is 4.74 Å². The third kappa shape index (κ3) is 3.59. The molecule has 1 atom stereocenters. The lowest BCUT2D eigenvalue weighted by atomic mass is 10.0. The first kappa shape index (κ1) is 19.5. The maximum Gasteiger partial charge on any atom is 0.295 e. The summed E-state index contributed by atoms with van der Waals surface area (Å²) in [5.41, 5.74) is 3.26. The van der Waals surface area contributed by atoms with E-state index in [-0.39, 0.29) is 23.3 Å². The Labute approximate surface area is 174 Å². The molecule has 0 saturated heterocycles. The lowest BCUT2D eigenvalue weighted by Gasteiger charge is -2.22. The van der Waals surface area contributed by atoms with Gasteiger partial charge in [-0.05, 0) is 49.8 Å². The molecule has 1 N–H and O–H groups in total. The quantitative estimate of drug-likeness (QED) is 0.676. The molecule has 30 heavy (non-hydrogen) atoms. The van der Waals surface area contributed by atoms with Gasteiger partial charge in [0.2, 0.25) is 5.91 Å². The van der Waals surface area contributed by atoms with Gasteiger partial charge >= 0.3 is 0 Å². The Morgan fingerprint density at radius 2 is 1.80 bits per heavy atom. The second-order valence-electron chi connectivity index (χ2n) is 7.20. The van der Waals surface area contributed by atoms with Crippen LogP contribution in [0.25, 0.3) is 11.8 Å². The van der Waals surface area contributed by atoms with Crippen molar-refractivity contribution in [3.05, 3.63) is 93.9 Å². The summed E-state index contributed by atoms with van der Waals surface area (Å²) in [6.45, 7) is 3.74. The molecule has 2 heterocycles. The van der Waals surface area contributed by atoms with E-state index >= 15 is 0 Å². The normalized spacial score (nSPS) is 15.4. The number of amides is 1. The van der Waals surface area contributed by atoms with Crippen molar-refractivity contribution in [3.63, 3.8) is 0 Å². The van der Waals surface area contributed by atoms with Crippen LogP contribution in [0.1, 0.15) is 18.2 Å². The zero-order valence-electron chi connectivity index (χ0n) is 17.1. The summed E-state index contributed by atoms with van der Waals surface area (Å²) >= 11 is 0. The number of para-hydroxylation sites is 2. The largest absolute Gasteiger partial charge is 0.485 e. The fourth-order valence-corrected chi connectivity index (χ4v) is 3.50. The minimum atomic E-state index is -0.368. The molecule has 0 saturated carbocycles. The molecule has 152 valence electrons. The summed E-state index contributed by atoms with van der Waals surface area (Å²) in [5.74, 6) is 0.459. The second kappa shape index (κ2) is 7.91. The molecule has 0 spiro atoms. The van der Waals surface area contributed by atoms with Gasteiger partial charge in [-0.15, -0.1) is 0 Å². The van der Waals surface area contributed by atoms with Crippen LogP contribution in [0, 0.1) is 6.92 Å². The first-order chi connectivity index (χ1) is 14.5. The summed E-state index contributed by atoms with van der Waals surface area (Å²) in [4.78, 5) is 25.5. The summed E-state index contributed by atoms with van der Waals surface area (Å²) in [6.07, 6.45) is 4.99. The molecule has 0 fully saturated rings. The van der Waals surface area contributed by atoms with E-state index in [1.54, 1.807) is 24.7 Å². The Morgan fingerprint density at radius 1 is 1.10 bits per heavy atom. The van der Waals surface area contributed by atoms with Crippen molar-refractivity contribution in [2.75, 3.05) is 5.32 Å². The van der Waals surface area contributed by atoms with E-state index in [1.807, 2.05) is 67.6 Å². The molecule has 3 aromatic rings. The highest BCUT2D eigenvalue weighted by Gasteiger charge is 2.19. The van der Waals surface area contributed by atoms with E-state index in [0.717, 1.165) is 22.6 Å². The van der Waals surface area contributed by atoms with Crippen LogP contribution in [0.15, 0.2) is 77.1 Å². The van der Waals surface area contributed by atoms with E-state index in [9.17, 15) is 9.59 Å². The van der Waals surface area contributed by atoms with E-state index in [2.05, 4.69) is 5.32 Å². The first-order valence-electron chi connectivity index (χ1n) is 9.76. The smallest absolute Gasteiger partial charge is 0.295 e. The van der Waals surface area contributed by atoms with E-state index < -0.39 is 0 Å². The van der Waals surface area contributed by atoms with Crippen LogP contribution in [-0.2, 0) is 11.8 Å². The van der Waals surface area contributed by atoms with Gasteiger partial charge in [0.15, 0.2) is 0 Å². The molecule has 2 aromatic carbocycles. The van der Waals surface area contributed by atoms with Gasteiger partial charge in [-0.1, -0.05) is 36.4 Å². The van der Waals surface area contributed by atoms with Crippen molar-refractivity contribution in [1.82, 2.24) is 9.36 Å². The van der Waals surface area contributed by atoms with Crippen LogP contribution in [0.3, 0.4) is 0 Å². The molecule has 0 aliphatic carbocycles. The Hall–Kier alpha value is -3.80. The Bertz CT molecular complexity index is 1220. The maximum atomic E-state index is 12.9. The van der Waals surface area contributed by atoms with Gasteiger partial charge in [-0.2, -0.15) is 0 Å². The number of carbonyl (C=O) groups excluding carboxylic acids is 1. The number of hydrogen-bond acceptors (Lipinski definition) is 3. The fraction of sp³-hybridized carbons (Fsp3) is 0.167. The Balaban J connectivity index is 1.57. The highest BCUT2D eigenvalue weighted by Crippen LogP contribution is 2.29. The average molecular weight is 401 g/mol. The van der Waals surface area contributed by atoms with Crippen molar-refractivity contribution in [2.24, 2.45) is 7.05 Å². The van der Waals surface area contributed by atoms with Gasteiger partial charge in [0.25, 0.3) is 5.56 Å². The van der Waals surface area contributed by atoms with Crippen LogP contribution in [-0.4, -0.2) is 21.4 Å². The molecule has 0 radical (unpaired) electrons. The third-order valence-electron chi connectivity index (χ3n) is 5.24. The van der Waals surface area contributed by atoms with Crippen LogP contribution >= 0.6 is 0 Å². The predicted octanol–water partition coefficient (Wildman–Crippen LogP) is 3.84. The molecule has 6 nitrogen and oxygen atoms in total. The Kier molecular flexibility index (Phi) is 5.14. The lowest BCUT2D eigenvalue weighted by Crippen LogP contribution is -2.22. The number of carbonyl (C=O) groups is 1. The number of ether oxygens (including phenoxy) is 1. The molecule has 0 bridgehead atoms. The molecule has 4 rings (SSSR count). The van der Waals surface area contributed by atoms with Gasteiger partial charge in [0, 0.05) is 18.7 Å². The van der Waals surface area contributed by atoms with Gasteiger partial charge < -0.3 is 10.1 Å². The minimum absolute atomic E-state index is 0.169. The fourth-order valence-electron chi connectivity index (χ4n) is 3.50. The lowest BCUT2D eigenvalue weighted by molar-refractivity contribution is -0.111. The van der Waals surface area contributed by atoms with Gasteiger partial charge in [0.1, 0.15) is 17.5 Å². The summed E-state index contributed by atoms with van der Waals surface area (Å²) in [7, 11) is 1.79. The Morgan fingerprint density at radius 3 is 2.57 bits per heavy atom. The van der Waals surface area contributed by atoms with Crippen LogP contribution in [0.4, 0.5) is 5.69 Å². The number of nitrogens with one attached hydrogen (secondary N) is 1. The molecule has 1 unspecified atom stereocenters. The van der Waals surface area contributed by atoms with Crippen LogP contribution in [0.2, 0.25) is 0 Å². The second-order valence-corrected chi connectivity index (χ2v) is 7.20. The van der Waals surface area contributed by atoms with E-state index in [1.165, 1.54) is 10.8 Å². The minimum Gasteiger partial charge on any atom is -0.485 e. The number of nitrogens with zero attached hydrogens (tertiary/aromatic N) is 2. The molecule has 1 amide bonds. The number of aromatic nitrogens is 2. The standard InChI is InChI=1S/C24H23N3O3/c1-16-23(24(29)27(26(16)3)20-10-5-4-6-11-20)25-22(28)14-13-18-15-19-9-7-8-12-21(19)30-17(18)2/h4-15,17H,1-3H3,(H,25,28). The van der Waals surface area contributed by atoms with Crippen molar-refractivity contribution in [2.45, 2.75) is 20.0 Å². The molecular formula is C24H23N3O3. The van der Waals surface area contributed by atoms with Crippen molar-refractivity contribution >= 4 is 17.7 Å². The van der Waals surface area contributed by atoms with Crippen LogP contribution in [0.5, 0.6) is 5.75 Å². The molecule has 1 aliphatic heterocycles. The first-order valence-corrected chi connectivity index (χ1v) is 9.76. The van der Waals surface area contributed by atoms with Gasteiger partial charge in [0.05, 0.1) is 11.4 Å². The number of hydrogen-bond donors (Lipinski definition) is 1. The molecule has 1 aromatic heterocycles. The summed E-state index contributed by atoms with van der Waals surface area (Å²) in [5, 5.41) is 2.74. The SMILES string of the molecule is Cc1c(NC(=O)C=CC2=Cc3ccccc3OC2C)c(=O)n(-c2ccccc2)n1C. The zero-order chi connectivity index (χ0) is 21.3. The number of rotatable bonds is 4. The van der Waals surface area contributed by atoms with Crippen molar-refractivity contribution in [3.8, 4) is 11.4 Å².